The second-order valence-corrected chi connectivity index (χ2v) is 7.23. The smallest absolute Gasteiger partial charge is 0.404 e. The number of nitrogens with one attached hydrogen (secondary N) is 1. The van der Waals surface area contributed by atoms with Crippen molar-refractivity contribution in [3.63, 3.8) is 0 Å². The number of aliphatic carboxylic acids is 1. The minimum absolute atomic E-state index is 0.0568. The summed E-state index contributed by atoms with van der Waals surface area (Å²) in [6, 6.07) is 4.03. The molecule has 196 valence electrons. The molecular formula is C20H29N3O12. The number of ether oxygens (including phenoxy) is 5. The molecule has 0 aromatic heterocycles. The molecule has 1 saturated heterocycles. The number of aliphatic hydroxyl groups excluding tert-OH is 3. The first-order valence-corrected chi connectivity index (χ1v) is 10.4. The highest BCUT2D eigenvalue weighted by Crippen LogP contribution is 2.28. The number of benzene rings is 1. The van der Waals surface area contributed by atoms with Crippen LogP contribution in [0.5, 0.6) is 5.75 Å². The summed E-state index contributed by atoms with van der Waals surface area (Å²) in [4.78, 5) is 35.0. The van der Waals surface area contributed by atoms with Crippen LogP contribution in [0.15, 0.2) is 18.2 Å². The Morgan fingerprint density at radius 1 is 1.03 bits per heavy atom. The van der Waals surface area contributed by atoms with Crippen molar-refractivity contribution < 1.29 is 58.5 Å². The Labute approximate surface area is 199 Å². The number of hydrogen-bond acceptors (Lipinski definition) is 12. The van der Waals surface area contributed by atoms with Gasteiger partial charge in [-0.15, -0.1) is 0 Å². The lowest BCUT2D eigenvalue weighted by molar-refractivity contribution is -0.271. The van der Waals surface area contributed by atoms with Crippen molar-refractivity contribution in [2.45, 2.75) is 37.3 Å². The van der Waals surface area contributed by atoms with Gasteiger partial charge in [0.15, 0.2) is 6.10 Å². The fourth-order valence-corrected chi connectivity index (χ4v) is 3.01. The molecule has 0 spiro atoms. The van der Waals surface area contributed by atoms with E-state index in [0.29, 0.717) is 5.56 Å². The minimum Gasteiger partial charge on any atom is -0.479 e. The molecule has 35 heavy (non-hydrogen) atoms. The van der Waals surface area contributed by atoms with Gasteiger partial charge in [-0.25, -0.2) is 9.59 Å². The van der Waals surface area contributed by atoms with Gasteiger partial charge in [-0.2, -0.15) is 0 Å². The fraction of sp³-hybridized carbons (Fsp3) is 0.550. The summed E-state index contributed by atoms with van der Waals surface area (Å²) in [5, 5.41) is 41.8. The van der Waals surface area contributed by atoms with Gasteiger partial charge in [-0.05, 0) is 17.7 Å². The molecule has 0 radical (unpaired) electrons. The van der Waals surface area contributed by atoms with Crippen LogP contribution in [-0.4, -0.2) is 102 Å². The first-order chi connectivity index (χ1) is 16.6. The van der Waals surface area contributed by atoms with Gasteiger partial charge in [-0.3, -0.25) is 4.79 Å². The van der Waals surface area contributed by atoms with E-state index in [1.165, 1.54) is 18.2 Å². The van der Waals surface area contributed by atoms with Crippen molar-refractivity contribution in [1.29, 1.82) is 0 Å². The first kappa shape index (κ1) is 28.2. The number of hydrogen-bond donors (Lipinski definition) is 7. The Morgan fingerprint density at radius 2 is 1.74 bits per heavy atom. The molecule has 0 aliphatic carbocycles. The topological polar surface area (TPSA) is 242 Å². The van der Waals surface area contributed by atoms with Crippen molar-refractivity contribution in [3.8, 4) is 5.75 Å². The summed E-state index contributed by atoms with van der Waals surface area (Å²) in [5.41, 5.74) is 10.4. The van der Waals surface area contributed by atoms with Crippen molar-refractivity contribution in [3.05, 3.63) is 29.3 Å². The summed E-state index contributed by atoms with van der Waals surface area (Å²) < 4.78 is 25.5. The molecule has 0 bridgehead atoms. The Balaban J connectivity index is 2.15. The van der Waals surface area contributed by atoms with E-state index in [2.05, 4.69) is 5.32 Å². The molecule has 1 aromatic rings. The van der Waals surface area contributed by atoms with Gasteiger partial charge in [0.2, 0.25) is 6.29 Å². The number of carbonyl (C=O) groups is 3. The van der Waals surface area contributed by atoms with Crippen molar-refractivity contribution in [1.82, 2.24) is 5.32 Å². The van der Waals surface area contributed by atoms with Crippen LogP contribution >= 0.6 is 0 Å². The van der Waals surface area contributed by atoms with E-state index in [1.807, 2.05) is 0 Å². The summed E-state index contributed by atoms with van der Waals surface area (Å²) >= 11 is 0. The maximum atomic E-state index is 12.8. The SMILES string of the molecule is NCOCCOCCNC(=O)c1cc(COC(N)=O)ccc1O[C@@H]1O[C@H](C(=O)O)[C@@H](O)[C@H](O)[C@H]1O. The van der Waals surface area contributed by atoms with Gasteiger partial charge >= 0.3 is 12.1 Å². The van der Waals surface area contributed by atoms with Crippen LogP contribution in [0.3, 0.4) is 0 Å². The monoisotopic (exact) mass is 503 g/mol. The molecule has 2 rings (SSSR count). The fourth-order valence-electron chi connectivity index (χ4n) is 3.01. The van der Waals surface area contributed by atoms with Crippen LogP contribution in [0.1, 0.15) is 15.9 Å². The van der Waals surface area contributed by atoms with Crippen LogP contribution in [-0.2, 0) is 30.3 Å². The number of primary amides is 1. The zero-order valence-corrected chi connectivity index (χ0v) is 18.6. The average Bonchev–Trinajstić information content (AvgIpc) is 2.82. The molecule has 15 heteroatoms. The highest BCUT2D eigenvalue weighted by Gasteiger charge is 2.48. The lowest BCUT2D eigenvalue weighted by Gasteiger charge is -2.38. The van der Waals surface area contributed by atoms with Crippen molar-refractivity contribution >= 4 is 18.0 Å². The Morgan fingerprint density at radius 3 is 2.40 bits per heavy atom. The molecule has 15 nitrogen and oxygen atoms in total. The van der Waals surface area contributed by atoms with Gasteiger partial charge in [0.05, 0.1) is 32.1 Å². The molecule has 1 aliphatic heterocycles. The number of rotatable bonds is 13. The Kier molecular flexibility index (Phi) is 11.1. The standard InChI is InChI=1S/C20H29N3O12/c21-9-32-6-5-31-4-3-23-17(27)11-7-10(8-33-20(22)30)1-2-12(11)34-19-15(26)13(24)14(25)16(35-19)18(28)29/h1-2,7,13-16,19,24-26H,3-6,8-9,21H2,(H2,22,30)(H,23,27)(H,28,29)/t13-,14-,15+,16-,19+/m0/s1. The first-order valence-electron chi connectivity index (χ1n) is 10.4. The van der Waals surface area contributed by atoms with Crippen molar-refractivity contribution in [2.75, 3.05) is 33.1 Å². The molecule has 9 N–H and O–H groups in total. The van der Waals surface area contributed by atoms with Crippen molar-refractivity contribution in [2.24, 2.45) is 11.5 Å². The third-order valence-electron chi connectivity index (χ3n) is 4.75. The molecule has 1 aliphatic rings. The third-order valence-corrected chi connectivity index (χ3v) is 4.75. The predicted molar refractivity (Wildman–Crippen MR) is 114 cm³/mol. The van der Waals surface area contributed by atoms with Gasteiger partial charge in [-0.1, -0.05) is 6.07 Å². The van der Waals surface area contributed by atoms with E-state index >= 15 is 0 Å². The van der Waals surface area contributed by atoms with Crippen LogP contribution < -0.4 is 21.5 Å². The third kappa shape index (κ3) is 8.29. The molecule has 2 amide bonds. The summed E-state index contributed by atoms with van der Waals surface area (Å²) in [5.74, 6) is -2.39. The summed E-state index contributed by atoms with van der Waals surface area (Å²) in [6.45, 7) is 0.589. The molecule has 1 aromatic carbocycles. The quantitative estimate of drug-likeness (QED) is 0.107. The van der Waals surface area contributed by atoms with E-state index in [9.17, 15) is 34.8 Å². The van der Waals surface area contributed by atoms with E-state index < -0.39 is 48.7 Å². The average molecular weight is 503 g/mol. The maximum Gasteiger partial charge on any atom is 0.404 e. The van der Waals surface area contributed by atoms with E-state index in [0.717, 1.165) is 0 Å². The van der Waals surface area contributed by atoms with Gasteiger partial charge < -0.3 is 60.9 Å². The number of nitrogens with two attached hydrogens (primary N) is 2. The highest BCUT2D eigenvalue weighted by molar-refractivity contribution is 5.97. The Hall–Kier alpha value is -3.05. The lowest BCUT2D eigenvalue weighted by atomic mass is 9.99. The minimum atomic E-state index is -1.91. The number of carbonyl (C=O) groups excluding carboxylic acids is 2. The van der Waals surface area contributed by atoms with Gasteiger partial charge in [0, 0.05) is 6.54 Å². The van der Waals surface area contributed by atoms with Crippen LogP contribution in [0.4, 0.5) is 4.79 Å². The lowest BCUT2D eigenvalue weighted by Crippen LogP contribution is -2.61. The van der Waals surface area contributed by atoms with E-state index in [-0.39, 0.29) is 51.0 Å². The molecule has 5 atom stereocenters. The second kappa shape index (κ2) is 13.7. The zero-order valence-electron chi connectivity index (χ0n) is 18.6. The number of amides is 2. The molecule has 0 saturated carbocycles. The highest BCUT2D eigenvalue weighted by atomic mass is 16.7. The largest absolute Gasteiger partial charge is 0.479 e. The van der Waals surface area contributed by atoms with Crippen LogP contribution in [0.25, 0.3) is 0 Å². The molecule has 0 unspecified atom stereocenters. The normalized spacial score (nSPS) is 23.9. The maximum absolute atomic E-state index is 12.8. The number of carboxylic acids is 1. The van der Waals surface area contributed by atoms with E-state index in [4.69, 9.17) is 35.2 Å². The second-order valence-electron chi connectivity index (χ2n) is 7.23. The molecule has 1 fully saturated rings. The predicted octanol–water partition coefficient (Wildman–Crippen LogP) is -2.77. The molecular weight excluding hydrogens is 474 g/mol. The van der Waals surface area contributed by atoms with Crippen LogP contribution in [0.2, 0.25) is 0 Å². The summed E-state index contributed by atoms with van der Waals surface area (Å²) in [6.07, 6.45) is -10.3. The van der Waals surface area contributed by atoms with Gasteiger partial charge in [0.1, 0.15) is 30.7 Å². The van der Waals surface area contributed by atoms with Gasteiger partial charge in [0.25, 0.3) is 5.91 Å². The Bertz CT molecular complexity index is 870. The number of aliphatic hydroxyl groups is 3. The zero-order chi connectivity index (χ0) is 26.0. The number of carboxylic acid groups (broad SMARTS) is 1. The van der Waals surface area contributed by atoms with Crippen LogP contribution in [0, 0.1) is 0 Å². The van der Waals surface area contributed by atoms with E-state index in [1.54, 1.807) is 0 Å². The molecule has 1 heterocycles. The summed E-state index contributed by atoms with van der Waals surface area (Å²) in [7, 11) is 0.